The molecule has 10 aliphatic rings. The van der Waals surface area contributed by atoms with Gasteiger partial charge in [-0.3, -0.25) is 54.2 Å². The summed E-state index contributed by atoms with van der Waals surface area (Å²) in [5.41, 5.74) is 6.95. The molecule has 36 heteroatoms. The third kappa shape index (κ3) is 20.6. The summed E-state index contributed by atoms with van der Waals surface area (Å²) in [5.74, 6) is -1.65. The van der Waals surface area contributed by atoms with E-state index >= 15 is 0 Å². The SMILES string of the molecule is CC(C)(C)C(=O)N1CCCc2[nH]nc(C(=O)N3CCC(c4ccccc4C(F)(F)F)CC3)c2C1.CC(C)(C)S(=O)(=O)N1CCCc2[nH]nc(C(=O)N3CCC(c4ccccc4C(F)(F)F)CC3)c2C1.O=C(c1n[nH]c2c1CCN(C1CCC1)C2)N1CCC(c2ccccc2C(F)(F)F)CC1.O=C(c1n[nH]c2c1CN(C1CCC1)C2)N1CCC(c2ccccc2C(F)(F)F)CC1. The Balaban J connectivity index is 0.000000133. The van der Waals surface area contributed by atoms with Crippen LogP contribution in [0.5, 0.6) is 0 Å². The predicted molar refractivity (Wildman–Crippen MR) is 461 cm³/mol. The molecule has 0 atom stereocenters. The van der Waals surface area contributed by atoms with Gasteiger partial charge in [0.25, 0.3) is 23.6 Å². The van der Waals surface area contributed by atoms with Crippen LogP contribution in [0.2, 0.25) is 0 Å². The lowest BCUT2D eigenvalue weighted by Crippen LogP contribution is -2.43. The number of aromatic nitrogens is 8. The van der Waals surface area contributed by atoms with Crippen molar-refractivity contribution < 1.29 is 85.1 Å². The minimum atomic E-state index is -4.42. The first-order valence-electron chi connectivity index (χ1n) is 45.4. The van der Waals surface area contributed by atoms with Crippen molar-refractivity contribution in [2.75, 3.05) is 72.0 Å². The molecular formula is C94H114F12N16O7S. The molecule has 702 valence electrons. The first-order chi connectivity index (χ1) is 61.6. The Morgan fingerprint density at radius 3 is 0.954 bits per heavy atom. The summed E-state index contributed by atoms with van der Waals surface area (Å²) >= 11 is 0. The summed E-state index contributed by atoms with van der Waals surface area (Å²) in [6.45, 7) is 18.4. The van der Waals surface area contributed by atoms with Gasteiger partial charge in [-0.2, -0.15) is 77.4 Å². The molecule has 23 nitrogen and oxygen atoms in total. The fourth-order valence-electron chi connectivity index (χ4n) is 20.1. The Bertz CT molecular complexity index is 5490. The molecule has 2 aliphatic carbocycles. The van der Waals surface area contributed by atoms with Crippen molar-refractivity contribution in [1.82, 2.24) is 79.4 Å². The molecule has 5 amide bonds. The van der Waals surface area contributed by atoms with Crippen LogP contribution in [0.4, 0.5) is 52.7 Å². The standard InChI is InChI=1S/C25H31F3N4O2.C24H31F3N4O3S.C23H27F3N4O.C22H25F3N4O/c1-24(2,3)23(34)32-12-6-9-20-18(15-32)21(30-29-20)22(33)31-13-10-16(11-14-31)17-7-4-5-8-19(17)25(26,27)28;1-23(2,3)35(33,34)31-12-6-9-20-18(15-31)21(29-28-20)22(32)30-13-10-16(11-14-30)17-7-4-5-8-19(17)24(25,26)27;24-23(25,26)19-7-2-1-6-17(19)15-8-11-29(12-9-15)22(31)21-18-10-13-30(16-4-3-5-16)14-20(18)27-28-21;23-22(24,25)18-7-2-1-6-16(18)14-8-10-28(11-9-14)21(30)20-17-12-29(15-4-3-5-15)13-19(17)26-27-20/h4-5,7-8,16H,6,9-15H2,1-3H3,(H,29,30);4-5,7-8,16H,6,9-15H2,1-3H3,(H,28,29);1-2,6-7,15-16H,3-5,8-14H2,(H,27,28);1-2,6-7,14-15H,3-5,8-13H2,(H,26,27). The zero-order chi connectivity index (χ0) is 92.7. The lowest BCUT2D eigenvalue weighted by atomic mass is 9.86. The smallest absolute Gasteiger partial charge is 0.338 e. The largest absolute Gasteiger partial charge is 0.416 e. The monoisotopic (exact) mass is 1840 g/mol. The zero-order valence-corrected chi connectivity index (χ0v) is 74.9. The van der Waals surface area contributed by atoms with Gasteiger partial charge in [0, 0.05) is 156 Å². The van der Waals surface area contributed by atoms with Crippen LogP contribution in [0.1, 0.15) is 299 Å². The fraction of sp³-hybridized carbons (Fsp3) is 0.564. The van der Waals surface area contributed by atoms with Gasteiger partial charge in [-0.05, 0) is 200 Å². The lowest BCUT2D eigenvalue weighted by Gasteiger charge is -2.39. The number of amides is 5. The number of benzene rings is 4. The highest BCUT2D eigenvalue weighted by atomic mass is 32.2. The van der Waals surface area contributed by atoms with Crippen LogP contribution >= 0.6 is 0 Å². The molecule has 4 aromatic carbocycles. The number of rotatable bonds is 11. The Hall–Kier alpha value is -9.94. The van der Waals surface area contributed by atoms with E-state index in [4.69, 9.17) is 0 Å². The van der Waals surface area contributed by atoms with Crippen molar-refractivity contribution in [2.45, 2.75) is 261 Å². The summed E-state index contributed by atoms with van der Waals surface area (Å²) in [7, 11) is -3.59. The van der Waals surface area contributed by atoms with Gasteiger partial charge >= 0.3 is 24.7 Å². The number of hydrogen-bond donors (Lipinski definition) is 4. The molecule has 0 radical (unpaired) electrons. The summed E-state index contributed by atoms with van der Waals surface area (Å²) in [4.78, 5) is 79.3. The van der Waals surface area contributed by atoms with Crippen LogP contribution in [0.15, 0.2) is 97.1 Å². The number of aromatic amines is 4. The van der Waals surface area contributed by atoms with Crippen molar-refractivity contribution in [1.29, 1.82) is 0 Å². The number of fused-ring (bicyclic) bond motifs is 4. The van der Waals surface area contributed by atoms with Gasteiger partial charge in [0.15, 0.2) is 22.8 Å². The number of carbonyl (C=O) groups is 5. The number of alkyl halides is 12. The normalized spacial score (nSPS) is 19.6. The van der Waals surface area contributed by atoms with Crippen LogP contribution in [0.3, 0.4) is 0 Å². The topological polar surface area (TPSA) is 260 Å². The van der Waals surface area contributed by atoms with Gasteiger partial charge in [-0.15, -0.1) is 0 Å². The number of H-pyrrole nitrogens is 4. The van der Waals surface area contributed by atoms with E-state index in [1.54, 1.807) is 87.7 Å². The Kier molecular flexibility index (Phi) is 27.9. The Labute approximate surface area is 748 Å². The number of carbonyl (C=O) groups excluding carboxylic acids is 5. The van der Waals surface area contributed by atoms with Gasteiger partial charge in [0.05, 0.1) is 38.4 Å². The molecule has 8 aromatic rings. The number of aryl methyl sites for hydroxylation is 2. The second-order valence-corrected chi connectivity index (χ2v) is 40.8. The maximum absolute atomic E-state index is 13.5. The van der Waals surface area contributed by atoms with Gasteiger partial charge < -0.3 is 24.5 Å². The summed E-state index contributed by atoms with van der Waals surface area (Å²) in [6.07, 6.45) is -2.66. The highest BCUT2D eigenvalue weighted by molar-refractivity contribution is 7.90. The molecule has 6 fully saturated rings. The van der Waals surface area contributed by atoms with Crippen LogP contribution < -0.4 is 0 Å². The lowest BCUT2D eigenvalue weighted by molar-refractivity contribution is -0.140. The van der Waals surface area contributed by atoms with Crippen LogP contribution in [-0.2, 0) is 91.5 Å². The minimum Gasteiger partial charge on any atom is -0.338 e. The maximum Gasteiger partial charge on any atom is 0.416 e. The molecular weight excluding hydrogens is 1730 g/mol. The summed E-state index contributed by atoms with van der Waals surface area (Å²) < 4.78 is 187. The second kappa shape index (κ2) is 38.3. The molecule has 4 N–H and O–H groups in total. The van der Waals surface area contributed by atoms with Crippen molar-refractivity contribution in [3.8, 4) is 0 Å². The van der Waals surface area contributed by atoms with Gasteiger partial charge in [0.1, 0.15) is 0 Å². The average molecular weight is 1840 g/mol. The third-order valence-electron chi connectivity index (χ3n) is 27.9. The van der Waals surface area contributed by atoms with E-state index in [1.165, 1.54) is 73.2 Å². The van der Waals surface area contributed by atoms with E-state index in [9.17, 15) is 85.1 Å². The van der Waals surface area contributed by atoms with E-state index in [0.717, 1.165) is 103 Å². The van der Waals surface area contributed by atoms with Crippen LogP contribution in [-0.4, -0.2) is 206 Å². The molecule has 18 rings (SSSR count). The number of halogens is 12. The summed E-state index contributed by atoms with van der Waals surface area (Å²) in [6, 6.07) is 24.2. The van der Waals surface area contributed by atoms with Gasteiger partial charge in [0.2, 0.25) is 15.9 Å². The number of hydrogen-bond acceptors (Lipinski definition) is 13. The Morgan fingerprint density at radius 1 is 0.323 bits per heavy atom. The molecule has 0 unspecified atom stereocenters. The molecule has 12 heterocycles. The molecule has 0 bridgehead atoms. The van der Waals surface area contributed by atoms with E-state index in [1.807, 2.05) is 20.8 Å². The first-order valence-corrected chi connectivity index (χ1v) is 46.9. The molecule has 8 aliphatic heterocycles. The number of sulfonamides is 1. The highest BCUT2D eigenvalue weighted by Crippen LogP contribution is 2.46. The van der Waals surface area contributed by atoms with Gasteiger partial charge in [-0.25, -0.2) is 8.42 Å². The summed E-state index contributed by atoms with van der Waals surface area (Å²) in [5, 5.41) is 29.1. The number of nitrogens with one attached hydrogen (secondary N) is 4. The van der Waals surface area contributed by atoms with E-state index in [0.29, 0.717) is 194 Å². The third-order valence-corrected chi connectivity index (χ3v) is 30.4. The van der Waals surface area contributed by atoms with Gasteiger partial charge in [-0.1, -0.05) is 106 Å². The second-order valence-electron chi connectivity index (χ2n) is 38.2. The fourth-order valence-corrected chi connectivity index (χ4v) is 21.5. The zero-order valence-electron chi connectivity index (χ0n) is 74.1. The van der Waals surface area contributed by atoms with Crippen LogP contribution in [0, 0.1) is 5.41 Å². The highest BCUT2D eigenvalue weighted by Gasteiger charge is 2.46. The Morgan fingerprint density at radius 2 is 0.623 bits per heavy atom. The number of piperidine rings is 4. The van der Waals surface area contributed by atoms with Crippen molar-refractivity contribution in [2.24, 2.45) is 5.41 Å². The molecule has 4 saturated heterocycles. The van der Waals surface area contributed by atoms with Crippen molar-refractivity contribution in [3.05, 3.63) is 209 Å². The average Bonchev–Trinajstić information content (AvgIpc) is 1.64. The quantitative estimate of drug-likeness (QED) is 0.0879. The molecule has 2 saturated carbocycles. The van der Waals surface area contributed by atoms with E-state index in [2.05, 4.69) is 50.6 Å². The number of likely N-dealkylation sites (tertiary alicyclic amines) is 4. The first kappa shape index (κ1) is 94.7. The molecule has 130 heavy (non-hydrogen) atoms. The van der Waals surface area contributed by atoms with E-state index in [-0.39, 0.29) is 71.0 Å². The van der Waals surface area contributed by atoms with Crippen LogP contribution in [0.25, 0.3) is 0 Å². The molecule has 4 aromatic heterocycles. The maximum atomic E-state index is 13.5. The van der Waals surface area contributed by atoms with Crippen molar-refractivity contribution in [3.63, 3.8) is 0 Å². The molecule has 0 spiro atoms. The predicted octanol–water partition coefficient (Wildman–Crippen LogP) is 17.8. The van der Waals surface area contributed by atoms with Crippen molar-refractivity contribution >= 4 is 39.6 Å². The minimum absolute atomic E-state index is 0.0316. The van der Waals surface area contributed by atoms with E-state index < -0.39 is 67.1 Å². The number of nitrogens with zero attached hydrogens (tertiary/aromatic N) is 12.